The first-order chi connectivity index (χ1) is 17.4. The molecule has 5 aromatic rings. The van der Waals surface area contributed by atoms with Crippen molar-refractivity contribution >= 4 is 33.6 Å². The molecule has 0 saturated carbocycles. The van der Waals surface area contributed by atoms with Gasteiger partial charge in [-0.3, -0.25) is 0 Å². The van der Waals surface area contributed by atoms with Crippen LogP contribution in [0.5, 0.6) is 0 Å². The molecule has 0 aliphatic carbocycles. The number of furan rings is 1. The van der Waals surface area contributed by atoms with Crippen molar-refractivity contribution in [1.29, 1.82) is 0 Å². The Hall–Kier alpha value is -3.62. The maximum atomic E-state index is 5.88. The van der Waals surface area contributed by atoms with Gasteiger partial charge >= 0.3 is 6.01 Å². The molecule has 0 bridgehead atoms. The maximum absolute atomic E-state index is 5.88. The molecule has 3 aromatic carbocycles. The number of fused-ring (bicyclic) bond motifs is 3. The van der Waals surface area contributed by atoms with E-state index >= 15 is 0 Å². The minimum absolute atomic E-state index is 0. The molecule has 6 rings (SSSR count). The van der Waals surface area contributed by atoms with E-state index < -0.39 is 0 Å². The summed E-state index contributed by atoms with van der Waals surface area (Å²) in [6, 6.07) is 30.7. The van der Waals surface area contributed by atoms with Crippen LogP contribution in [-0.4, -0.2) is 26.2 Å². The van der Waals surface area contributed by atoms with Crippen molar-refractivity contribution in [3.05, 3.63) is 108 Å². The van der Waals surface area contributed by atoms with Gasteiger partial charge in [0.1, 0.15) is 11.3 Å². The Labute approximate surface area is 231 Å². The van der Waals surface area contributed by atoms with Crippen LogP contribution in [0.25, 0.3) is 33.2 Å². The van der Waals surface area contributed by atoms with Gasteiger partial charge in [-0.05, 0) is 50.4 Å². The van der Waals surface area contributed by atoms with E-state index in [9.17, 15) is 0 Å². The SMILES string of the molecule is CC(C)[N+]1=C=[N+](c2[c-]c3oc4ccccc4c3cc2)C=C1.Cc1c[c-]c(-c2cc(C)c(C)cn2)cc1.[Ir]. The van der Waals surface area contributed by atoms with E-state index in [1.54, 1.807) is 0 Å². The van der Waals surface area contributed by atoms with Crippen LogP contribution in [-0.2, 0) is 20.1 Å². The third kappa shape index (κ3) is 5.70. The van der Waals surface area contributed by atoms with E-state index in [2.05, 4.69) is 88.1 Å². The van der Waals surface area contributed by atoms with Gasteiger partial charge in [0.05, 0.1) is 0 Å². The van der Waals surface area contributed by atoms with Crippen molar-refractivity contribution in [1.82, 2.24) is 4.98 Å². The molecular formula is C32H29IrN3O. The summed E-state index contributed by atoms with van der Waals surface area (Å²) >= 11 is 0. The monoisotopic (exact) mass is 664 g/mol. The standard InChI is InChI=1S/C18H15N2O.C14H14N.Ir/c1-13(2)19-9-10-20(12-19)14-7-8-16-15-5-3-4-6-17(15)21-18(16)11-14;1-10-4-6-13(7-5-10)14-8-11(2)12(3)9-15-14;/h3-10,13H,1-2H3;4-6,8-9H,1-3H3;/q+1;-1;. The number of hydrogen-bond acceptors (Lipinski definition) is 2. The molecule has 3 heterocycles. The molecule has 187 valence electrons. The van der Waals surface area contributed by atoms with Crippen LogP contribution in [0.2, 0.25) is 0 Å². The third-order valence-corrected chi connectivity index (χ3v) is 6.32. The second-order valence-corrected chi connectivity index (χ2v) is 9.39. The molecular weight excluding hydrogens is 635 g/mol. The van der Waals surface area contributed by atoms with E-state index in [1.165, 1.54) is 16.7 Å². The van der Waals surface area contributed by atoms with E-state index in [0.717, 1.165) is 38.9 Å². The number of para-hydroxylation sites is 1. The van der Waals surface area contributed by atoms with E-state index in [1.807, 2.05) is 58.1 Å². The van der Waals surface area contributed by atoms with Crippen molar-refractivity contribution in [3.8, 4) is 11.3 Å². The van der Waals surface area contributed by atoms with Crippen LogP contribution in [0, 0.1) is 32.9 Å². The molecule has 0 unspecified atom stereocenters. The molecule has 0 saturated heterocycles. The fraction of sp³-hybridized carbons (Fsp3) is 0.188. The predicted molar refractivity (Wildman–Crippen MR) is 145 cm³/mol. The van der Waals surface area contributed by atoms with Crippen LogP contribution in [0.15, 0.2) is 83.7 Å². The first kappa shape index (κ1) is 26.4. The molecule has 0 N–H and O–H groups in total. The maximum Gasteiger partial charge on any atom is 0.493 e. The zero-order valence-electron chi connectivity index (χ0n) is 21.7. The topological polar surface area (TPSA) is 32.0 Å². The molecule has 2 aromatic heterocycles. The first-order valence-electron chi connectivity index (χ1n) is 12.2. The Bertz CT molecular complexity index is 1670. The molecule has 1 aliphatic heterocycles. The Morgan fingerprint density at radius 1 is 0.919 bits per heavy atom. The number of nitrogens with zero attached hydrogens (tertiary/aromatic N) is 3. The Balaban J connectivity index is 0.000000178. The largest absolute Gasteiger partial charge is 0.493 e. The molecule has 0 atom stereocenters. The van der Waals surface area contributed by atoms with Gasteiger partial charge in [0.25, 0.3) is 6.20 Å². The molecule has 1 aliphatic rings. The fourth-order valence-electron chi connectivity index (χ4n) is 3.97. The predicted octanol–water partition coefficient (Wildman–Crippen LogP) is 7.58. The molecule has 1 radical (unpaired) electrons. The van der Waals surface area contributed by atoms with Crippen molar-refractivity contribution in [2.24, 2.45) is 0 Å². The summed E-state index contributed by atoms with van der Waals surface area (Å²) in [6.45, 7) is 10.5. The van der Waals surface area contributed by atoms with Gasteiger partial charge in [-0.2, -0.15) is 6.07 Å². The first-order valence-corrected chi connectivity index (χ1v) is 12.2. The van der Waals surface area contributed by atoms with Crippen molar-refractivity contribution < 1.29 is 33.7 Å². The van der Waals surface area contributed by atoms with E-state index in [0.29, 0.717) is 6.04 Å². The van der Waals surface area contributed by atoms with Gasteiger partial charge in [0.15, 0.2) is 6.04 Å². The number of aromatic nitrogens is 1. The molecule has 5 heteroatoms. The van der Waals surface area contributed by atoms with Crippen molar-refractivity contribution in [3.63, 3.8) is 0 Å². The summed E-state index contributed by atoms with van der Waals surface area (Å²) < 4.78 is 9.85. The average molecular weight is 664 g/mol. The smallest absolute Gasteiger partial charge is 0.483 e. The van der Waals surface area contributed by atoms with E-state index in [-0.39, 0.29) is 20.1 Å². The molecule has 4 nitrogen and oxygen atoms in total. The number of aryl methyl sites for hydroxylation is 3. The zero-order chi connectivity index (χ0) is 25.2. The van der Waals surface area contributed by atoms with Crippen LogP contribution in [0.1, 0.15) is 30.5 Å². The third-order valence-electron chi connectivity index (χ3n) is 6.32. The van der Waals surface area contributed by atoms with Gasteiger partial charge in [-0.25, -0.2) is 0 Å². The van der Waals surface area contributed by atoms with Crippen LogP contribution >= 0.6 is 0 Å². The summed E-state index contributed by atoms with van der Waals surface area (Å²) in [4.78, 5) is 4.41. The molecule has 0 amide bonds. The van der Waals surface area contributed by atoms with Gasteiger partial charge < -0.3 is 9.40 Å². The van der Waals surface area contributed by atoms with Crippen LogP contribution in [0.3, 0.4) is 0 Å². The van der Waals surface area contributed by atoms with Gasteiger partial charge in [-0.1, -0.05) is 63.4 Å². The Kier molecular flexibility index (Phi) is 8.00. The Morgan fingerprint density at radius 2 is 1.73 bits per heavy atom. The zero-order valence-corrected chi connectivity index (χ0v) is 24.1. The molecule has 0 fully saturated rings. The summed E-state index contributed by atoms with van der Waals surface area (Å²) in [7, 11) is 0. The number of benzene rings is 3. The summed E-state index contributed by atoms with van der Waals surface area (Å²) in [6.07, 6.45) is 5.92. The second kappa shape index (κ2) is 11.2. The summed E-state index contributed by atoms with van der Waals surface area (Å²) in [5.41, 5.74) is 8.40. The molecule has 37 heavy (non-hydrogen) atoms. The number of pyridine rings is 1. The normalized spacial score (nSPS) is 12.3. The average Bonchev–Trinajstić information content (AvgIpc) is 3.52. The Morgan fingerprint density at radius 3 is 2.43 bits per heavy atom. The quantitative estimate of drug-likeness (QED) is 0.147. The van der Waals surface area contributed by atoms with Crippen molar-refractivity contribution in [2.75, 3.05) is 0 Å². The van der Waals surface area contributed by atoms with E-state index in [4.69, 9.17) is 4.42 Å². The summed E-state index contributed by atoms with van der Waals surface area (Å²) in [5.74, 6) is 0. The fourth-order valence-corrected chi connectivity index (χ4v) is 3.97. The summed E-state index contributed by atoms with van der Waals surface area (Å²) in [5, 5.41) is 2.22. The van der Waals surface area contributed by atoms with Crippen LogP contribution < -0.4 is 0 Å². The number of rotatable bonds is 3. The second-order valence-electron chi connectivity index (χ2n) is 9.39. The van der Waals surface area contributed by atoms with Crippen LogP contribution in [0.4, 0.5) is 5.69 Å². The van der Waals surface area contributed by atoms with Gasteiger partial charge in [-0.15, -0.1) is 35.4 Å². The minimum atomic E-state index is 0. The van der Waals surface area contributed by atoms with Gasteiger partial charge in [0, 0.05) is 31.9 Å². The van der Waals surface area contributed by atoms with Crippen molar-refractivity contribution in [2.45, 2.75) is 40.7 Å². The van der Waals surface area contributed by atoms with Gasteiger partial charge in [0.2, 0.25) is 6.20 Å². The minimum Gasteiger partial charge on any atom is -0.483 e. The molecule has 0 spiro atoms. The number of hydrogen-bond donors (Lipinski definition) is 0.